The average molecular weight is 193 g/mol. The van der Waals surface area contributed by atoms with Gasteiger partial charge in [-0.15, -0.1) is 0 Å². The van der Waals surface area contributed by atoms with Crippen molar-refractivity contribution in [1.29, 1.82) is 0 Å². The summed E-state index contributed by atoms with van der Waals surface area (Å²) in [5.74, 6) is -0.815. The summed E-state index contributed by atoms with van der Waals surface area (Å²) < 4.78 is 0. The second-order valence-electron chi connectivity index (χ2n) is 1.70. The Labute approximate surface area is 75.3 Å². The molecule has 0 rings (SSSR count). The van der Waals surface area contributed by atoms with Crippen molar-refractivity contribution < 1.29 is 19.5 Å². The molecule has 0 aliphatic heterocycles. The van der Waals surface area contributed by atoms with E-state index in [4.69, 9.17) is 10.8 Å². The van der Waals surface area contributed by atoms with Crippen molar-refractivity contribution in [3.63, 3.8) is 0 Å². The van der Waals surface area contributed by atoms with Crippen LogP contribution >= 0.6 is 12.6 Å². The molecule has 0 aromatic rings. The smallest absolute Gasteiger partial charge is 0.321 e. The number of rotatable bonds is 4. The second kappa shape index (κ2) is 10.1. The normalized spacial score (nSPS) is 10.5. The lowest BCUT2D eigenvalue weighted by atomic mass is 10.4. The lowest BCUT2D eigenvalue weighted by Crippen LogP contribution is -2.31. The fraction of sp³-hybridized carbons (Fsp3) is 0.500. The summed E-state index contributed by atoms with van der Waals surface area (Å²) in [5, 5.41) is 8.01. The van der Waals surface area contributed by atoms with Gasteiger partial charge in [0.15, 0.2) is 0 Å². The molecule has 0 unspecified atom stereocenters. The maximum atomic E-state index is 9.76. The zero-order valence-electron chi connectivity index (χ0n) is 6.34. The zero-order chi connectivity index (χ0) is 9.98. The molecule has 6 heteroatoms. The van der Waals surface area contributed by atoms with Gasteiger partial charge >= 0.3 is 5.97 Å². The molecule has 0 saturated carbocycles. The van der Waals surface area contributed by atoms with E-state index < -0.39 is 12.0 Å². The first-order valence-electron chi connectivity index (χ1n) is 3.06. The summed E-state index contributed by atoms with van der Waals surface area (Å²) in [5.41, 5.74) is 4.94. The Kier molecular flexibility index (Phi) is 11.5. The van der Waals surface area contributed by atoms with Gasteiger partial charge in [-0.05, 0) is 0 Å². The molecular weight excluding hydrogens is 182 g/mol. The van der Waals surface area contributed by atoms with E-state index in [-0.39, 0.29) is 12.2 Å². The molecule has 0 aliphatic carbocycles. The van der Waals surface area contributed by atoms with Gasteiger partial charge in [-0.25, -0.2) is 0 Å². The second-order valence-corrected chi connectivity index (χ2v) is 2.06. The molecule has 0 bridgehead atoms. The summed E-state index contributed by atoms with van der Waals surface area (Å²) in [6.07, 6.45) is 1.15. The van der Waals surface area contributed by atoms with E-state index in [0.717, 1.165) is 0 Å². The number of aliphatic carboxylic acids is 1. The first-order valence-corrected chi connectivity index (χ1v) is 3.69. The van der Waals surface area contributed by atoms with Crippen LogP contribution in [-0.2, 0) is 14.4 Å². The SMILES string of the molecule is N[C@@H](CS)C(=O)O.O=CCC=O. The van der Waals surface area contributed by atoms with Gasteiger partial charge in [0, 0.05) is 5.75 Å². The monoisotopic (exact) mass is 193 g/mol. The highest BCUT2D eigenvalue weighted by Crippen LogP contribution is 1.80. The predicted octanol–water partition coefficient (Wildman–Crippen LogP) is -0.898. The van der Waals surface area contributed by atoms with E-state index >= 15 is 0 Å². The molecule has 70 valence electrons. The van der Waals surface area contributed by atoms with Crippen molar-refractivity contribution in [2.24, 2.45) is 5.73 Å². The van der Waals surface area contributed by atoms with E-state index in [2.05, 4.69) is 12.6 Å². The minimum Gasteiger partial charge on any atom is -0.480 e. The predicted molar refractivity (Wildman–Crippen MR) is 46.2 cm³/mol. The fourth-order valence-corrected chi connectivity index (χ4v) is 0.274. The molecule has 12 heavy (non-hydrogen) atoms. The molecule has 0 amide bonds. The van der Waals surface area contributed by atoms with Gasteiger partial charge in [0.05, 0.1) is 6.42 Å². The topological polar surface area (TPSA) is 97.5 Å². The van der Waals surface area contributed by atoms with Gasteiger partial charge in [0.25, 0.3) is 0 Å². The molecule has 0 radical (unpaired) electrons. The van der Waals surface area contributed by atoms with Crippen LogP contribution in [0.5, 0.6) is 0 Å². The number of carboxylic acids is 1. The van der Waals surface area contributed by atoms with Crippen LogP contribution in [0.25, 0.3) is 0 Å². The summed E-state index contributed by atoms with van der Waals surface area (Å²) >= 11 is 3.65. The lowest BCUT2D eigenvalue weighted by Gasteiger charge is -1.96. The lowest BCUT2D eigenvalue weighted by molar-refractivity contribution is -0.137. The highest BCUT2D eigenvalue weighted by atomic mass is 32.1. The van der Waals surface area contributed by atoms with E-state index in [0.29, 0.717) is 12.6 Å². The third kappa shape index (κ3) is 11.9. The highest BCUT2D eigenvalue weighted by molar-refractivity contribution is 7.80. The quantitative estimate of drug-likeness (QED) is 0.305. The molecule has 1 atom stereocenters. The number of aldehydes is 2. The maximum absolute atomic E-state index is 9.76. The van der Waals surface area contributed by atoms with Crippen molar-refractivity contribution in [2.75, 3.05) is 5.75 Å². The Morgan fingerprint density at radius 1 is 1.50 bits per heavy atom. The van der Waals surface area contributed by atoms with Crippen LogP contribution in [0.3, 0.4) is 0 Å². The maximum Gasteiger partial charge on any atom is 0.321 e. The summed E-state index contributed by atoms with van der Waals surface area (Å²) in [6, 6.07) is -0.816. The van der Waals surface area contributed by atoms with Crippen LogP contribution in [-0.4, -0.2) is 35.4 Å². The van der Waals surface area contributed by atoms with E-state index in [1.807, 2.05) is 0 Å². The van der Waals surface area contributed by atoms with Crippen LogP contribution in [0.1, 0.15) is 6.42 Å². The van der Waals surface area contributed by atoms with Crippen LogP contribution < -0.4 is 5.73 Å². The van der Waals surface area contributed by atoms with Gasteiger partial charge in [0.2, 0.25) is 0 Å². The minimum atomic E-state index is -1.00. The van der Waals surface area contributed by atoms with Gasteiger partial charge in [-0.2, -0.15) is 12.6 Å². The number of carboxylic acid groups (broad SMARTS) is 1. The van der Waals surface area contributed by atoms with Gasteiger partial charge < -0.3 is 20.4 Å². The van der Waals surface area contributed by atoms with Crippen molar-refractivity contribution in [3.05, 3.63) is 0 Å². The molecule has 0 aromatic heterocycles. The molecule has 0 fully saturated rings. The van der Waals surface area contributed by atoms with Crippen LogP contribution in [0.15, 0.2) is 0 Å². The number of nitrogens with two attached hydrogens (primary N) is 1. The number of hydrogen-bond donors (Lipinski definition) is 3. The summed E-state index contributed by atoms with van der Waals surface area (Å²) in [4.78, 5) is 28.1. The Hall–Kier alpha value is -0.880. The Bertz CT molecular complexity index is 144. The van der Waals surface area contributed by atoms with E-state index in [1.165, 1.54) is 0 Å². The summed E-state index contributed by atoms with van der Waals surface area (Å²) in [7, 11) is 0. The molecule has 0 spiro atoms. The fourth-order valence-electron chi connectivity index (χ4n) is 0.117. The third-order valence-electron chi connectivity index (χ3n) is 0.706. The first-order chi connectivity index (χ1) is 5.59. The third-order valence-corrected chi connectivity index (χ3v) is 1.10. The zero-order valence-corrected chi connectivity index (χ0v) is 7.24. The molecule has 0 aromatic carbocycles. The van der Waals surface area contributed by atoms with E-state index in [9.17, 15) is 14.4 Å². The van der Waals surface area contributed by atoms with Crippen molar-refractivity contribution in [3.8, 4) is 0 Å². The Balaban J connectivity index is 0. The van der Waals surface area contributed by atoms with Crippen molar-refractivity contribution in [1.82, 2.24) is 0 Å². The van der Waals surface area contributed by atoms with Crippen LogP contribution in [0, 0.1) is 0 Å². The van der Waals surface area contributed by atoms with E-state index in [1.54, 1.807) is 0 Å². The molecule has 5 nitrogen and oxygen atoms in total. The largest absolute Gasteiger partial charge is 0.480 e. The number of carbonyl (C=O) groups excluding carboxylic acids is 2. The number of carbonyl (C=O) groups is 3. The molecular formula is C6H11NO4S. The van der Waals surface area contributed by atoms with Crippen LogP contribution in [0.2, 0.25) is 0 Å². The summed E-state index contributed by atoms with van der Waals surface area (Å²) in [6.45, 7) is 0. The van der Waals surface area contributed by atoms with Crippen LogP contribution in [0.4, 0.5) is 0 Å². The Morgan fingerprint density at radius 2 is 1.92 bits per heavy atom. The van der Waals surface area contributed by atoms with Crippen molar-refractivity contribution in [2.45, 2.75) is 12.5 Å². The van der Waals surface area contributed by atoms with Crippen molar-refractivity contribution >= 4 is 31.2 Å². The van der Waals surface area contributed by atoms with Gasteiger partial charge in [0.1, 0.15) is 18.6 Å². The standard InChI is InChI=1S/C3H7NO2S.C3H4O2/c4-2(1-7)3(5)6;4-2-1-3-5/h2,7H,1,4H2,(H,5,6);2-3H,1H2/t2-;/m0./s1. The van der Waals surface area contributed by atoms with Gasteiger partial charge in [-0.3, -0.25) is 4.79 Å². The molecule has 3 N–H and O–H groups in total. The first kappa shape index (κ1) is 13.7. The number of thiol groups is 1. The minimum absolute atomic E-state index is 0.0278. The Morgan fingerprint density at radius 3 is 1.92 bits per heavy atom. The highest BCUT2D eigenvalue weighted by Gasteiger charge is 2.06. The molecule has 0 aliphatic rings. The van der Waals surface area contributed by atoms with Gasteiger partial charge in [-0.1, -0.05) is 0 Å². The molecule has 0 saturated heterocycles. The number of hydrogen-bond acceptors (Lipinski definition) is 5. The average Bonchev–Trinajstić information content (AvgIpc) is 2.05. The molecule has 0 heterocycles.